The SMILES string of the molecule is O=C1C/C(=C\c2cnn3c(NC4CC4)cc(Nc4ccc(N5CCCCC5)cc4)nc23)C(=O)N1. The number of hydrogen-bond acceptors (Lipinski definition) is 7. The Morgan fingerprint density at radius 1 is 1.06 bits per heavy atom. The largest absolute Gasteiger partial charge is 0.372 e. The average molecular weight is 458 g/mol. The summed E-state index contributed by atoms with van der Waals surface area (Å²) in [5.74, 6) is 0.890. The van der Waals surface area contributed by atoms with Crippen LogP contribution in [0.4, 0.5) is 23.0 Å². The maximum atomic E-state index is 12.0. The summed E-state index contributed by atoms with van der Waals surface area (Å²) in [5.41, 5.74) is 3.94. The lowest BCUT2D eigenvalue weighted by Crippen LogP contribution is -2.29. The first-order valence-electron chi connectivity index (χ1n) is 11.9. The van der Waals surface area contributed by atoms with Crippen LogP contribution in [0.3, 0.4) is 0 Å². The molecule has 3 fully saturated rings. The summed E-state index contributed by atoms with van der Waals surface area (Å²) in [6.45, 7) is 2.23. The molecule has 3 aliphatic rings. The Bertz CT molecular complexity index is 1280. The third-order valence-electron chi connectivity index (χ3n) is 6.51. The fourth-order valence-corrected chi connectivity index (χ4v) is 4.55. The third-order valence-corrected chi connectivity index (χ3v) is 6.51. The molecule has 9 heteroatoms. The number of nitrogens with one attached hydrogen (secondary N) is 3. The molecule has 2 aliphatic heterocycles. The molecule has 0 spiro atoms. The van der Waals surface area contributed by atoms with Crippen molar-refractivity contribution in [2.45, 2.75) is 44.6 Å². The fourth-order valence-electron chi connectivity index (χ4n) is 4.55. The average Bonchev–Trinajstić information content (AvgIpc) is 3.48. The number of piperidine rings is 1. The highest BCUT2D eigenvalue weighted by molar-refractivity contribution is 6.15. The predicted octanol–water partition coefficient (Wildman–Crippen LogP) is 3.47. The molecular formula is C25H27N7O2. The first-order valence-corrected chi connectivity index (χ1v) is 11.9. The van der Waals surface area contributed by atoms with Crippen LogP contribution in [0.25, 0.3) is 11.7 Å². The van der Waals surface area contributed by atoms with Gasteiger partial charge in [0.15, 0.2) is 5.65 Å². The van der Waals surface area contributed by atoms with Crippen LogP contribution in [0.5, 0.6) is 0 Å². The van der Waals surface area contributed by atoms with Crippen LogP contribution in [-0.4, -0.2) is 45.5 Å². The summed E-state index contributed by atoms with van der Waals surface area (Å²) in [7, 11) is 0. The molecule has 6 rings (SSSR count). The van der Waals surface area contributed by atoms with Crippen molar-refractivity contribution in [2.75, 3.05) is 28.6 Å². The highest BCUT2D eigenvalue weighted by atomic mass is 16.2. The van der Waals surface area contributed by atoms with Crippen LogP contribution in [0.1, 0.15) is 44.1 Å². The Morgan fingerprint density at radius 3 is 2.56 bits per heavy atom. The van der Waals surface area contributed by atoms with E-state index in [0.717, 1.165) is 37.4 Å². The van der Waals surface area contributed by atoms with Gasteiger partial charge in [-0.1, -0.05) is 0 Å². The maximum absolute atomic E-state index is 12.0. The smallest absolute Gasteiger partial charge is 0.254 e. The van der Waals surface area contributed by atoms with Gasteiger partial charge in [0.2, 0.25) is 5.91 Å². The standard InChI is InChI=1S/C25H27N7O2/c33-23-13-16(25(34)30-23)12-17-15-26-32-22(28-19-4-5-19)14-21(29-24(17)32)27-18-6-8-20(9-7-18)31-10-2-1-3-11-31/h6-9,12,14-15,19,28H,1-5,10-11,13H2,(H,27,29)(H,30,33,34)/b16-12+. The second kappa shape index (κ2) is 8.48. The van der Waals surface area contributed by atoms with Gasteiger partial charge in [-0.25, -0.2) is 4.98 Å². The molecule has 0 unspecified atom stereocenters. The molecule has 1 aliphatic carbocycles. The number of carbonyl (C=O) groups excluding carboxylic acids is 2. The summed E-state index contributed by atoms with van der Waals surface area (Å²) >= 11 is 0. The summed E-state index contributed by atoms with van der Waals surface area (Å²) in [5, 5.41) is 13.8. The quantitative estimate of drug-likeness (QED) is 0.385. The number of anilines is 4. The monoisotopic (exact) mass is 457 g/mol. The maximum Gasteiger partial charge on any atom is 0.254 e. The summed E-state index contributed by atoms with van der Waals surface area (Å²) in [6, 6.07) is 10.9. The number of hydrogen-bond donors (Lipinski definition) is 3. The van der Waals surface area contributed by atoms with E-state index in [4.69, 9.17) is 4.98 Å². The lowest BCUT2D eigenvalue weighted by atomic mass is 10.1. The number of fused-ring (bicyclic) bond motifs is 1. The Balaban J connectivity index is 1.31. The summed E-state index contributed by atoms with van der Waals surface area (Å²) in [4.78, 5) is 30.9. The molecule has 1 aromatic carbocycles. The van der Waals surface area contributed by atoms with E-state index in [2.05, 4.69) is 50.2 Å². The zero-order valence-corrected chi connectivity index (χ0v) is 18.9. The Labute approximate surface area is 197 Å². The van der Waals surface area contributed by atoms with Crippen LogP contribution in [0, 0.1) is 0 Å². The van der Waals surface area contributed by atoms with E-state index in [1.165, 1.54) is 24.9 Å². The van der Waals surface area contributed by atoms with Gasteiger partial charge in [0.05, 0.1) is 12.6 Å². The molecule has 0 radical (unpaired) electrons. The second-order valence-corrected chi connectivity index (χ2v) is 9.22. The minimum atomic E-state index is -0.358. The first-order chi connectivity index (χ1) is 16.6. The molecule has 1 saturated carbocycles. The third kappa shape index (κ3) is 4.21. The van der Waals surface area contributed by atoms with Gasteiger partial charge in [0, 0.05) is 47.7 Å². The van der Waals surface area contributed by atoms with Crippen molar-refractivity contribution >= 4 is 46.5 Å². The summed E-state index contributed by atoms with van der Waals surface area (Å²) in [6.07, 6.45) is 9.53. The van der Waals surface area contributed by atoms with Crippen molar-refractivity contribution in [2.24, 2.45) is 0 Å². The second-order valence-electron chi connectivity index (χ2n) is 9.22. The van der Waals surface area contributed by atoms with Crippen LogP contribution in [0.15, 0.2) is 42.1 Å². The Kier molecular flexibility index (Phi) is 5.16. The number of aromatic nitrogens is 3. The molecule has 3 N–H and O–H groups in total. The fraction of sp³-hybridized carbons (Fsp3) is 0.360. The van der Waals surface area contributed by atoms with Gasteiger partial charge in [-0.2, -0.15) is 9.61 Å². The molecule has 2 saturated heterocycles. The lowest BCUT2D eigenvalue weighted by molar-refractivity contribution is -0.124. The van der Waals surface area contributed by atoms with Crippen LogP contribution >= 0.6 is 0 Å². The molecule has 174 valence electrons. The zero-order chi connectivity index (χ0) is 23.1. The molecule has 3 aromatic rings. The highest BCUT2D eigenvalue weighted by Crippen LogP contribution is 2.29. The van der Waals surface area contributed by atoms with Crippen LogP contribution < -0.4 is 20.9 Å². The van der Waals surface area contributed by atoms with E-state index < -0.39 is 0 Å². The van der Waals surface area contributed by atoms with Crippen molar-refractivity contribution in [3.63, 3.8) is 0 Å². The molecule has 2 amide bonds. The van der Waals surface area contributed by atoms with Crippen LogP contribution in [0.2, 0.25) is 0 Å². The van der Waals surface area contributed by atoms with Gasteiger partial charge in [-0.15, -0.1) is 0 Å². The molecule has 34 heavy (non-hydrogen) atoms. The predicted molar refractivity (Wildman–Crippen MR) is 131 cm³/mol. The van der Waals surface area contributed by atoms with Crippen molar-refractivity contribution < 1.29 is 9.59 Å². The van der Waals surface area contributed by atoms with E-state index in [1.54, 1.807) is 16.8 Å². The van der Waals surface area contributed by atoms with E-state index in [0.29, 0.717) is 28.6 Å². The van der Waals surface area contributed by atoms with Gasteiger partial charge in [-0.3, -0.25) is 14.9 Å². The minimum Gasteiger partial charge on any atom is -0.372 e. The van der Waals surface area contributed by atoms with Crippen molar-refractivity contribution in [1.29, 1.82) is 0 Å². The van der Waals surface area contributed by atoms with Gasteiger partial charge < -0.3 is 15.5 Å². The molecule has 2 aromatic heterocycles. The van der Waals surface area contributed by atoms with Crippen molar-refractivity contribution in [3.8, 4) is 0 Å². The first kappa shape index (κ1) is 20.7. The van der Waals surface area contributed by atoms with Crippen molar-refractivity contribution in [1.82, 2.24) is 19.9 Å². The molecule has 0 atom stereocenters. The topological polar surface area (TPSA) is 104 Å². The zero-order valence-electron chi connectivity index (χ0n) is 18.9. The number of carbonyl (C=O) groups is 2. The van der Waals surface area contributed by atoms with E-state index in [-0.39, 0.29) is 18.2 Å². The molecule has 9 nitrogen and oxygen atoms in total. The van der Waals surface area contributed by atoms with Gasteiger partial charge in [-0.05, 0) is 62.4 Å². The number of imide groups is 1. The van der Waals surface area contributed by atoms with E-state index in [1.807, 2.05) is 6.07 Å². The number of amides is 2. The lowest BCUT2D eigenvalue weighted by Gasteiger charge is -2.28. The van der Waals surface area contributed by atoms with Crippen LogP contribution in [-0.2, 0) is 9.59 Å². The Morgan fingerprint density at radius 2 is 1.85 bits per heavy atom. The minimum absolute atomic E-state index is 0.0741. The van der Waals surface area contributed by atoms with Gasteiger partial charge >= 0.3 is 0 Å². The Hall–Kier alpha value is -3.88. The number of rotatable bonds is 6. The van der Waals surface area contributed by atoms with E-state index in [9.17, 15) is 9.59 Å². The van der Waals surface area contributed by atoms with Gasteiger partial charge in [0.25, 0.3) is 5.91 Å². The van der Waals surface area contributed by atoms with Crippen molar-refractivity contribution in [3.05, 3.63) is 47.7 Å². The number of nitrogens with zero attached hydrogens (tertiary/aromatic N) is 4. The highest BCUT2D eigenvalue weighted by Gasteiger charge is 2.26. The summed E-state index contributed by atoms with van der Waals surface area (Å²) < 4.78 is 1.75. The molecular weight excluding hydrogens is 430 g/mol. The van der Waals surface area contributed by atoms with Gasteiger partial charge in [0.1, 0.15) is 11.6 Å². The molecule has 0 bridgehead atoms. The normalized spacial score (nSPS) is 19.6. The molecule has 4 heterocycles. The number of benzene rings is 1. The van der Waals surface area contributed by atoms with E-state index >= 15 is 0 Å².